The van der Waals surface area contributed by atoms with E-state index in [-0.39, 0.29) is 25.1 Å². The number of hydrogen-bond donors (Lipinski definition) is 2. The fourth-order valence-corrected chi connectivity index (χ4v) is 10.2. The van der Waals surface area contributed by atoms with Crippen molar-refractivity contribution in [1.29, 1.82) is 0 Å². The number of hydrogen-bond acceptors (Lipinski definition) is 6. The Morgan fingerprint density at radius 1 is 0.466 bits per heavy atom. The van der Waals surface area contributed by atoms with E-state index in [4.69, 9.17) is 13.8 Å². The minimum absolute atomic E-state index is 0.0431. The van der Waals surface area contributed by atoms with Gasteiger partial charge < -0.3 is 19.4 Å². The number of allylic oxidation sites excluding steroid dienone is 3. The number of quaternary nitrogens is 1. The van der Waals surface area contributed by atoms with Gasteiger partial charge in [0.1, 0.15) is 19.3 Å². The third-order valence-corrected chi connectivity index (χ3v) is 15.4. The van der Waals surface area contributed by atoms with Gasteiger partial charge in [0, 0.05) is 12.8 Å². The molecular formula is C63H124N2O7P+. The highest BCUT2D eigenvalue weighted by atomic mass is 31.2. The molecule has 3 atom stereocenters. The van der Waals surface area contributed by atoms with Crippen molar-refractivity contribution in [3.63, 3.8) is 0 Å². The van der Waals surface area contributed by atoms with Crippen molar-refractivity contribution in [2.45, 2.75) is 328 Å². The highest BCUT2D eigenvalue weighted by molar-refractivity contribution is 7.47. The topological polar surface area (TPSA) is 111 Å². The van der Waals surface area contributed by atoms with Crippen molar-refractivity contribution < 1.29 is 37.3 Å². The van der Waals surface area contributed by atoms with Crippen LogP contribution in [-0.2, 0) is 27.9 Å². The minimum Gasteiger partial charge on any atom is -0.456 e. The molecule has 432 valence electrons. The van der Waals surface area contributed by atoms with E-state index < -0.39 is 20.0 Å². The van der Waals surface area contributed by atoms with Gasteiger partial charge in [-0.3, -0.25) is 18.6 Å². The molecule has 0 aromatic rings. The molecule has 1 amide bonds. The van der Waals surface area contributed by atoms with E-state index in [1.165, 1.54) is 225 Å². The second kappa shape index (κ2) is 53.9. The molecule has 0 fully saturated rings. The molecule has 10 heteroatoms. The summed E-state index contributed by atoms with van der Waals surface area (Å²) < 4.78 is 30.7. The molecule has 0 saturated carbocycles. The van der Waals surface area contributed by atoms with Gasteiger partial charge in [0.2, 0.25) is 5.91 Å². The van der Waals surface area contributed by atoms with Crippen LogP contribution in [0.25, 0.3) is 0 Å². The van der Waals surface area contributed by atoms with Gasteiger partial charge in [-0.1, -0.05) is 270 Å². The molecule has 0 aliphatic rings. The maximum Gasteiger partial charge on any atom is 0.472 e. The van der Waals surface area contributed by atoms with E-state index in [0.717, 1.165) is 57.8 Å². The quantitative estimate of drug-likeness (QED) is 0.0205. The summed E-state index contributed by atoms with van der Waals surface area (Å²) in [5.41, 5.74) is 0. The molecule has 9 nitrogen and oxygen atoms in total. The first-order valence-corrected chi connectivity index (χ1v) is 33.2. The van der Waals surface area contributed by atoms with Gasteiger partial charge in [0.05, 0.1) is 33.8 Å². The molecule has 0 aliphatic heterocycles. The van der Waals surface area contributed by atoms with Crippen molar-refractivity contribution in [2.24, 2.45) is 0 Å². The molecule has 0 spiro atoms. The summed E-state index contributed by atoms with van der Waals surface area (Å²) in [7, 11) is 1.51. The summed E-state index contributed by atoms with van der Waals surface area (Å²) in [5.74, 6) is -0.494. The Morgan fingerprint density at radius 3 is 1.16 bits per heavy atom. The Kier molecular flexibility index (Phi) is 52.8. The summed E-state index contributed by atoms with van der Waals surface area (Å²) in [4.78, 5) is 37.7. The van der Waals surface area contributed by atoms with Crippen LogP contribution < -0.4 is 5.32 Å². The van der Waals surface area contributed by atoms with Gasteiger partial charge in [-0.2, -0.15) is 0 Å². The number of ether oxygens (including phenoxy) is 1. The van der Waals surface area contributed by atoms with E-state index in [9.17, 15) is 19.0 Å². The predicted octanol–water partition coefficient (Wildman–Crippen LogP) is 19.3. The maximum absolute atomic E-state index is 13.5. The molecule has 0 aromatic carbocycles. The molecule has 3 unspecified atom stereocenters. The average molecular weight is 1050 g/mol. The van der Waals surface area contributed by atoms with Crippen LogP contribution in [0.5, 0.6) is 0 Å². The number of phosphoric ester groups is 1. The van der Waals surface area contributed by atoms with Gasteiger partial charge in [-0.25, -0.2) is 4.57 Å². The number of nitrogens with one attached hydrogen (secondary N) is 1. The first-order valence-electron chi connectivity index (χ1n) is 31.7. The molecule has 0 saturated heterocycles. The summed E-state index contributed by atoms with van der Waals surface area (Å²) in [6, 6.07) is -0.844. The monoisotopic (exact) mass is 1050 g/mol. The van der Waals surface area contributed by atoms with Gasteiger partial charge in [-0.15, -0.1) is 0 Å². The second-order valence-corrected chi connectivity index (χ2v) is 24.4. The molecule has 0 rings (SSSR count). The first-order chi connectivity index (χ1) is 35.4. The van der Waals surface area contributed by atoms with Crippen molar-refractivity contribution >= 4 is 19.7 Å². The van der Waals surface area contributed by atoms with Crippen LogP contribution >= 0.6 is 7.82 Å². The lowest BCUT2D eigenvalue weighted by molar-refractivity contribution is -0.870. The highest BCUT2D eigenvalue weighted by Crippen LogP contribution is 2.43. The lowest BCUT2D eigenvalue weighted by Crippen LogP contribution is -2.47. The average Bonchev–Trinajstić information content (AvgIpc) is 3.35. The number of nitrogens with zero attached hydrogens (tertiary/aromatic N) is 1. The van der Waals surface area contributed by atoms with E-state index in [2.05, 4.69) is 38.2 Å². The molecule has 2 N–H and O–H groups in total. The van der Waals surface area contributed by atoms with Crippen molar-refractivity contribution in [3.8, 4) is 0 Å². The first kappa shape index (κ1) is 71.5. The Morgan fingerprint density at radius 2 is 0.795 bits per heavy atom. The number of unbranched alkanes of at least 4 members (excludes halogenated alkanes) is 40. The SMILES string of the molecule is CCCCCCCC/C=C/CCCCCCCCCC(=O)OC(/C=C/CCCCCCCCCCC)C(COP(=O)(O)OCC[N+](C)(C)C)NC(=O)CCCCCCCCCCCCCCCCCCCCC. The third-order valence-electron chi connectivity index (χ3n) is 14.4. The number of rotatable bonds is 58. The largest absolute Gasteiger partial charge is 0.472 e. The van der Waals surface area contributed by atoms with Crippen LogP contribution in [0.2, 0.25) is 0 Å². The Hall–Kier alpha value is -1.51. The lowest BCUT2D eigenvalue weighted by atomic mass is 10.0. The molecule has 0 radical (unpaired) electrons. The predicted molar refractivity (Wildman–Crippen MR) is 314 cm³/mol. The molecule has 0 aromatic heterocycles. The Bertz CT molecular complexity index is 1300. The number of esters is 1. The van der Waals surface area contributed by atoms with Crippen LogP contribution in [0.3, 0.4) is 0 Å². The Balaban J connectivity index is 5.17. The fourth-order valence-electron chi connectivity index (χ4n) is 9.47. The van der Waals surface area contributed by atoms with Gasteiger partial charge in [-0.05, 0) is 57.4 Å². The summed E-state index contributed by atoms with van der Waals surface area (Å²) in [6.45, 7) is 7.05. The van der Waals surface area contributed by atoms with Crippen molar-refractivity contribution in [3.05, 3.63) is 24.3 Å². The molecule has 0 heterocycles. The molecule has 0 bridgehead atoms. The van der Waals surface area contributed by atoms with Crippen LogP contribution in [0.1, 0.15) is 316 Å². The fraction of sp³-hybridized carbons (Fsp3) is 0.905. The molecule has 73 heavy (non-hydrogen) atoms. The standard InChI is InChI=1S/C63H123N2O7P/c1-7-10-13-16-19-22-25-27-29-31-32-34-35-37-40-43-46-49-52-55-62(66)64-60(59-71-73(68,69)70-58-57-65(4,5)6)61(54-51-48-45-42-39-24-21-18-15-12-9-3)72-63(67)56-53-50-47-44-41-38-36-33-30-28-26-23-20-17-14-11-8-2/h28,30,51,54,60-61H,7-27,29,31-50,52-53,55-59H2,1-6H3,(H-,64,66,68,69)/p+1/b30-28+,54-51+. The van der Waals surface area contributed by atoms with E-state index in [0.29, 0.717) is 23.9 Å². The third kappa shape index (κ3) is 55.1. The van der Waals surface area contributed by atoms with Crippen LogP contribution in [-0.4, -0.2) is 74.3 Å². The smallest absolute Gasteiger partial charge is 0.456 e. The number of likely N-dealkylation sites (N-methyl/N-ethyl adjacent to an activating group) is 1. The van der Waals surface area contributed by atoms with Crippen LogP contribution in [0.15, 0.2) is 24.3 Å². The Labute approximate surface area is 454 Å². The number of amides is 1. The van der Waals surface area contributed by atoms with Crippen molar-refractivity contribution in [1.82, 2.24) is 5.32 Å². The van der Waals surface area contributed by atoms with Crippen molar-refractivity contribution in [2.75, 3.05) is 40.9 Å². The number of carbonyl (C=O) groups excluding carboxylic acids is 2. The summed E-state index contributed by atoms with van der Waals surface area (Å²) >= 11 is 0. The normalized spacial score (nSPS) is 13.8. The van der Waals surface area contributed by atoms with Crippen LogP contribution in [0, 0.1) is 0 Å². The maximum atomic E-state index is 13.5. The molecule has 0 aliphatic carbocycles. The van der Waals surface area contributed by atoms with Gasteiger partial charge in [0.25, 0.3) is 0 Å². The highest BCUT2D eigenvalue weighted by Gasteiger charge is 2.30. The van der Waals surface area contributed by atoms with Gasteiger partial charge >= 0.3 is 13.8 Å². The zero-order valence-corrected chi connectivity index (χ0v) is 50.3. The van der Waals surface area contributed by atoms with E-state index >= 15 is 0 Å². The second-order valence-electron chi connectivity index (χ2n) is 22.9. The summed E-state index contributed by atoms with van der Waals surface area (Å²) in [5, 5.41) is 3.06. The lowest BCUT2D eigenvalue weighted by Gasteiger charge is -2.27. The van der Waals surface area contributed by atoms with Crippen LogP contribution in [0.4, 0.5) is 0 Å². The van der Waals surface area contributed by atoms with E-state index in [1.54, 1.807) is 0 Å². The van der Waals surface area contributed by atoms with Gasteiger partial charge in [0.15, 0.2) is 0 Å². The van der Waals surface area contributed by atoms with E-state index in [1.807, 2.05) is 33.3 Å². The minimum atomic E-state index is -4.44. The zero-order valence-electron chi connectivity index (χ0n) is 49.4. The summed E-state index contributed by atoms with van der Waals surface area (Å²) in [6.07, 6.45) is 63.1. The number of phosphoric acid groups is 1. The number of carbonyl (C=O) groups is 2. The zero-order chi connectivity index (χ0) is 53.6. The molecular weight excluding hydrogens is 928 g/mol.